The molecule has 0 aromatic heterocycles. The minimum Gasteiger partial charge on any atom is -0.491 e. The van der Waals surface area contributed by atoms with Crippen LogP contribution in [-0.4, -0.2) is 64.8 Å². The Kier molecular flexibility index (Phi) is 34.9. The first-order valence-electron chi connectivity index (χ1n) is 15.3. The van der Waals surface area contributed by atoms with Gasteiger partial charge in [0.25, 0.3) is 0 Å². The zero-order chi connectivity index (χ0) is 33.3. The quantitative estimate of drug-likeness (QED) is 0.112. The molecule has 0 aliphatic heterocycles. The summed E-state index contributed by atoms with van der Waals surface area (Å²) in [6.07, 6.45) is 6.51. The van der Waals surface area contributed by atoms with Gasteiger partial charge in [-0.05, 0) is 49.1 Å². The number of methoxy groups -OCH3 is 2. The van der Waals surface area contributed by atoms with E-state index in [9.17, 15) is 9.59 Å². The van der Waals surface area contributed by atoms with Crippen LogP contribution in [0.1, 0.15) is 78.4 Å². The van der Waals surface area contributed by atoms with Gasteiger partial charge in [-0.15, -0.1) is 0 Å². The van der Waals surface area contributed by atoms with Crippen LogP contribution in [0, 0.1) is 0 Å². The van der Waals surface area contributed by atoms with Crippen LogP contribution in [0.2, 0.25) is 0 Å². The fourth-order valence-corrected chi connectivity index (χ4v) is 3.32. The van der Waals surface area contributed by atoms with E-state index in [1.807, 2.05) is 64.1 Å². The molecule has 246 valence electrons. The third-order valence-electron chi connectivity index (χ3n) is 4.99. The maximum atomic E-state index is 10.9. The van der Waals surface area contributed by atoms with E-state index >= 15 is 0 Å². The van der Waals surface area contributed by atoms with Crippen LogP contribution in [0.15, 0.2) is 36.4 Å². The molecule has 2 aromatic rings. The van der Waals surface area contributed by atoms with E-state index in [0.717, 1.165) is 60.6 Å². The van der Waals surface area contributed by atoms with Crippen molar-refractivity contribution < 1.29 is 28.5 Å². The van der Waals surface area contributed by atoms with Gasteiger partial charge in [-0.2, -0.15) is 0 Å². The summed E-state index contributed by atoms with van der Waals surface area (Å²) in [5, 5.41) is 0. The van der Waals surface area contributed by atoms with E-state index in [0.29, 0.717) is 55.8 Å². The van der Waals surface area contributed by atoms with Crippen molar-refractivity contribution in [1.82, 2.24) is 0 Å². The molecule has 0 bridgehead atoms. The summed E-state index contributed by atoms with van der Waals surface area (Å²) >= 11 is 4.65. The van der Waals surface area contributed by atoms with E-state index in [-0.39, 0.29) is 0 Å². The Morgan fingerprint density at radius 3 is 1.44 bits per heavy atom. The predicted molar refractivity (Wildman–Crippen MR) is 185 cm³/mol. The van der Waals surface area contributed by atoms with E-state index in [1.54, 1.807) is 14.2 Å². The molecule has 0 saturated carbocycles. The van der Waals surface area contributed by atoms with Crippen LogP contribution in [0.25, 0.3) is 11.1 Å². The van der Waals surface area contributed by atoms with Crippen molar-refractivity contribution in [3.05, 3.63) is 47.5 Å². The maximum absolute atomic E-state index is 10.9. The average molecular weight is 623 g/mol. The number of unbranched alkanes of at least 4 members (excludes halogenated alkanes) is 1. The van der Waals surface area contributed by atoms with Gasteiger partial charge in [0, 0.05) is 38.2 Å². The van der Waals surface area contributed by atoms with E-state index in [1.165, 1.54) is 6.42 Å². The highest BCUT2D eigenvalue weighted by Crippen LogP contribution is 2.38. The number of carbonyl (C=O) groups excluding carboxylic acids is 2. The lowest BCUT2D eigenvalue weighted by Gasteiger charge is -2.17. The topological polar surface area (TPSA) is 123 Å². The van der Waals surface area contributed by atoms with Crippen molar-refractivity contribution in [2.45, 2.75) is 80.1 Å². The number of rotatable bonds is 17. The Labute approximate surface area is 266 Å². The Bertz CT molecular complexity index is 891. The molecule has 0 heterocycles. The fraction of sp³-hybridized carbons (Fsp3) is 0.559. The van der Waals surface area contributed by atoms with Crippen molar-refractivity contribution >= 4 is 29.8 Å². The summed E-state index contributed by atoms with van der Waals surface area (Å²) in [6.45, 7) is 14.7. The lowest BCUT2D eigenvalue weighted by Crippen LogP contribution is -2.08. The average Bonchev–Trinajstić information content (AvgIpc) is 3.01. The standard InChI is InChI=1S/C22H26O6.C5H12N2S.C3H8.2C2H6/c1-25-11-13-27-21-15-17(7-9-23)3-5-19(21)20-6-4-18(8-10-24)16-22(20)28-14-12-26-2;6-4-2-1-3-5(7)8;1-3-2;2*1-2/h3-6,9-10,15-16H,7-8,11-14H2,1-2H3;1-4,6H2,(H2,7,8);3H2,1-2H3;2*1-2H3. The van der Waals surface area contributed by atoms with Gasteiger partial charge >= 0.3 is 0 Å². The van der Waals surface area contributed by atoms with Crippen LogP contribution in [0.4, 0.5) is 0 Å². The van der Waals surface area contributed by atoms with Crippen molar-refractivity contribution in [3.8, 4) is 22.6 Å². The van der Waals surface area contributed by atoms with Crippen molar-refractivity contribution in [1.29, 1.82) is 0 Å². The van der Waals surface area contributed by atoms with E-state index < -0.39 is 0 Å². The number of hydrogen-bond donors (Lipinski definition) is 2. The number of ether oxygens (including phenoxy) is 4. The molecule has 9 heteroatoms. The molecular weight excluding hydrogens is 564 g/mol. The monoisotopic (exact) mass is 622 g/mol. The molecule has 0 radical (unpaired) electrons. The van der Waals surface area contributed by atoms with Gasteiger partial charge in [-0.25, -0.2) is 0 Å². The number of benzene rings is 2. The van der Waals surface area contributed by atoms with Crippen LogP contribution >= 0.6 is 12.2 Å². The first kappa shape index (κ1) is 44.6. The molecule has 2 rings (SSSR count). The normalized spacial score (nSPS) is 9.23. The minimum atomic E-state index is 0.316. The van der Waals surface area contributed by atoms with Crippen molar-refractivity contribution in [3.63, 3.8) is 0 Å². The summed E-state index contributed by atoms with van der Waals surface area (Å²) in [6, 6.07) is 11.3. The molecule has 2 aromatic carbocycles. The third kappa shape index (κ3) is 23.3. The van der Waals surface area contributed by atoms with Gasteiger partial charge in [0.2, 0.25) is 0 Å². The summed E-state index contributed by atoms with van der Waals surface area (Å²) in [5.41, 5.74) is 13.9. The number of aldehydes is 2. The van der Waals surface area contributed by atoms with Gasteiger partial charge < -0.3 is 40.0 Å². The number of nitrogens with two attached hydrogens (primary N) is 2. The number of hydrogen-bond acceptors (Lipinski definition) is 8. The molecule has 0 aliphatic rings. The van der Waals surface area contributed by atoms with Gasteiger partial charge in [0.05, 0.1) is 18.2 Å². The lowest BCUT2D eigenvalue weighted by atomic mass is 9.98. The second-order valence-corrected chi connectivity index (χ2v) is 9.03. The highest BCUT2D eigenvalue weighted by molar-refractivity contribution is 7.80. The summed E-state index contributed by atoms with van der Waals surface area (Å²) < 4.78 is 21.9. The van der Waals surface area contributed by atoms with E-state index in [4.69, 9.17) is 30.4 Å². The van der Waals surface area contributed by atoms with E-state index in [2.05, 4.69) is 26.1 Å². The van der Waals surface area contributed by atoms with Crippen LogP contribution < -0.4 is 20.9 Å². The largest absolute Gasteiger partial charge is 0.491 e. The van der Waals surface area contributed by atoms with Gasteiger partial charge in [-0.3, -0.25) is 0 Å². The lowest BCUT2D eigenvalue weighted by molar-refractivity contribution is -0.108. The fourth-order valence-electron chi connectivity index (χ4n) is 3.18. The predicted octanol–water partition coefficient (Wildman–Crippen LogP) is 6.76. The Morgan fingerprint density at radius 2 is 1.14 bits per heavy atom. The van der Waals surface area contributed by atoms with Crippen LogP contribution in [0.5, 0.6) is 11.5 Å². The first-order valence-corrected chi connectivity index (χ1v) is 15.7. The van der Waals surface area contributed by atoms with Crippen molar-refractivity contribution in [2.24, 2.45) is 11.5 Å². The molecule has 0 amide bonds. The van der Waals surface area contributed by atoms with Crippen LogP contribution in [-0.2, 0) is 31.9 Å². The van der Waals surface area contributed by atoms with Gasteiger partial charge in [0.1, 0.15) is 37.3 Å². The van der Waals surface area contributed by atoms with Gasteiger partial charge in [-0.1, -0.05) is 84.4 Å². The van der Waals surface area contributed by atoms with Crippen LogP contribution in [0.3, 0.4) is 0 Å². The zero-order valence-corrected chi connectivity index (χ0v) is 28.7. The summed E-state index contributed by atoms with van der Waals surface area (Å²) in [5.74, 6) is 1.30. The molecule has 0 spiro atoms. The molecule has 4 N–H and O–H groups in total. The molecular formula is C34H58N2O6S. The third-order valence-corrected chi connectivity index (χ3v) is 5.19. The SMILES string of the molecule is CC.CC.CCC.COCCOc1cc(CC=O)ccc1-c1ccc(CC=O)cc1OCCOC.NCCCCC(N)=S. The van der Waals surface area contributed by atoms with Crippen molar-refractivity contribution in [2.75, 3.05) is 47.2 Å². The smallest absolute Gasteiger partial charge is 0.127 e. The Morgan fingerprint density at radius 1 is 0.744 bits per heavy atom. The highest BCUT2D eigenvalue weighted by atomic mass is 32.1. The summed E-state index contributed by atoms with van der Waals surface area (Å²) in [7, 11) is 3.22. The maximum Gasteiger partial charge on any atom is 0.127 e. The number of carbonyl (C=O) groups is 2. The molecule has 0 saturated heterocycles. The zero-order valence-electron chi connectivity index (χ0n) is 27.9. The highest BCUT2D eigenvalue weighted by Gasteiger charge is 2.14. The molecule has 0 unspecified atom stereocenters. The molecule has 43 heavy (non-hydrogen) atoms. The molecule has 8 nitrogen and oxygen atoms in total. The van der Waals surface area contributed by atoms with Gasteiger partial charge in [0.15, 0.2) is 0 Å². The second kappa shape index (κ2) is 33.6. The number of thiocarbonyl (C=S) groups is 1. The Balaban J connectivity index is -0.000000893. The molecule has 0 fully saturated rings. The minimum absolute atomic E-state index is 0.316. The Hall–Kier alpha value is -2.85. The second-order valence-electron chi connectivity index (χ2n) is 8.50. The first-order chi connectivity index (χ1) is 20.9. The molecule has 0 atom stereocenters. The molecule has 0 aliphatic carbocycles. The summed E-state index contributed by atoms with van der Waals surface area (Å²) in [4.78, 5) is 22.4.